The number of rotatable bonds is 7. The minimum Gasteiger partial charge on any atom is -0.338 e. The Morgan fingerprint density at radius 2 is 1.96 bits per heavy atom. The molecule has 1 N–H and O–H groups in total. The van der Waals surface area contributed by atoms with E-state index in [0.29, 0.717) is 17.3 Å². The summed E-state index contributed by atoms with van der Waals surface area (Å²) in [6.07, 6.45) is 0.605. The normalized spacial score (nSPS) is 12.9. The average Bonchev–Trinajstić information content (AvgIpc) is 2.94. The molecule has 0 aliphatic heterocycles. The van der Waals surface area contributed by atoms with Crippen molar-refractivity contribution in [3.05, 3.63) is 41.0 Å². The molecule has 134 valence electrons. The Balaban J connectivity index is 0.00000288. The van der Waals surface area contributed by atoms with Crippen LogP contribution in [0.15, 0.2) is 33.7 Å². The molecule has 0 aliphatic rings. The summed E-state index contributed by atoms with van der Waals surface area (Å²) in [7, 11) is -0.330. The summed E-state index contributed by atoms with van der Waals surface area (Å²) in [4.78, 5) is 4.37. The maximum Gasteiger partial charge on any atom is 0.243 e. The predicted octanol–water partition coefficient (Wildman–Crippen LogP) is 2.12. The lowest BCUT2D eigenvalue weighted by molar-refractivity contribution is 0.333. The van der Waals surface area contributed by atoms with E-state index in [-0.39, 0.29) is 35.8 Å². The van der Waals surface area contributed by atoms with E-state index in [9.17, 15) is 8.42 Å². The van der Waals surface area contributed by atoms with Crippen LogP contribution in [0.4, 0.5) is 0 Å². The van der Waals surface area contributed by atoms with Crippen LogP contribution in [-0.2, 0) is 23.0 Å². The molecule has 0 spiro atoms. The average molecular weight is 395 g/mol. The molecule has 1 aromatic carbocycles. The highest BCUT2D eigenvalue weighted by atomic mass is 35.5. The van der Waals surface area contributed by atoms with Crippen LogP contribution in [-0.4, -0.2) is 43.0 Å². The van der Waals surface area contributed by atoms with Crippen LogP contribution in [0.1, 0.15) is 18.6 Å². The molecule has 0 aliphatic carbocycles. The highest BCUT2D eigenvalue weighted by molar-refractivity contribution is 7.89. The van der Waals surface area contributed by atoms with Crippen molar-refractivity contribution in [1.29, 1.82) is 0 Å². The zero-order chi connectivity index (χ0) is 17.0. The molecule has 0 fully saturated rings. The molecule has 0 amide bonds. The van der Waals surface area contributed by atoms with Crippen LogP contribution in [0.2, 0.25) is 5.02 Å². The summed E-state index contributed by atoms with van der Waals surface area (Å²) in [5.74, 6) is 0.794. The zero-order valence-corrected chi connectivity index (χ0v) is 16.0. The van der Waals surface area contributed by atoms with Crippen molar-refractivity contribution < 1.29 is 12.9 Å². The number of halogens is 2. The molecule has 1 unspecified atom stereocenters. The second-order valence-electron chi connectivity index (χ2n) is 5.21. The summed E-state index contributed by atoms with van der Waals surface area (Å²) in [5.41, 5.74) is 0. The van der Waals surface area contributed by atoms with E-state index in [1.165, 1.54) is 31.3 Å². The third kappa shape index (κ3) is 5.15. The molecule has 0 bridgehead atoms. The molecule has 10 heteroatoms. The summed E-state index contributed by atoms with van der Waals surface area (Å²) < 4.78 is 31.2. The summed E-state index contributed by atoms with van der Waals surface area (Å²) >= 11 is 5.78. The molecule has 0 saturated heterocycles. The number of sulfonamides is 1. The van der Waals surface area contributed by atoms with E-state index in [2.05, 4.69) is 15.5 Å². The van der Waals surface area contributed by atoms with Gasteiger partial charge in [0.25, 0.3) is 0 Å². The van der Waals surface area contributed by atoms with Gasteiger partial charge >= 0.3 is 0 Å². The minimum absolute atomic E-state index is 0. The van der Waals surface area contributed by atoms with Gasteiger partial charge in [0.05, 0.1) is 11.4 Å². The second-order valence-corrected chi connectivity index (χ2v) is 7.69. The number of hydrogen-bond acceptors (Lipinski definition) is 6. The molecule has 24 heavy (non-hydrogen) atoms. The highest BCUT2D eigenvalue weighted by Gasteiger charge is 2.23. The molecule has 0 radical (unpaired) electrons. The fourth-order valence-electron chi connectivity index (χ4n) is 1.88. The smallest absolute Gasteiger partial charge is 0.243 e. The van der Waals surface area contributed by atoms with Crippen molar-refractivity contribution in [2.75, 3.05) is 14.1 Å². The van der Waals surface area contributed by atoms with Crippen LogP contribution < -0.4 is 5.32 Å². The maximum atomic E-state index is 12.5. The Kier molecular flexibility index (Phi) is 7.62. The lowest BCUT2D eigenvalue weighted by atomic mass is 10.2. The predicted molar refractivity (Wildman–Crippen MR) is 93.9 cm³/mol. The van der Waals surface area contributed by atoms with Crippen LogP contribution in [0.5, 0.6) is 0 Å². The molecule has 2 aromatic rings. The van der Waals surface area contributed by atoms with Crippen LogP contribution in [0.3, 0.4) is 0 Å². The number of benzene rings is 1. The third-order valence-corrected chi connectivity index (χ3v) is 5.44. The first-order chi connectivity index (χ1) is 10.8. The molecule has 1 aromatic heterocycles. The van der Waals surface area contributed by atoms with Gasteiger partial charge < -0.3 is 9.84 Å². The fourth-order valence-corrected chi connectivity index (χ4v) is 3.12. The zero-order valence-electron chi connectivity index (χ0n) is 13.6. The largest absolute Gasteiger partial charge is 0.338 e. The Labute approximate surface area is 152 Å². The van der Waals surface area contributed by atoms with Gasteiger partial charge in [0.1, 0.15) is 0 Å². The first-order valence-corrected chi connectivity index (χ1v) is 8.85. The Morgan fingerprint density at radius 1 is 1.33 bits per heavy atom. The Morgan fingerprint density at radius 3 is 2.54 bits per heavy atom. The third-order valence-electron chi connectivity index (χ3n) is 3.37. The first-order valence-electron chi connectivity index (χ1n) is 7.03. The molecular formula is C14H20Cl2N4O3S. The molecular weight excluding hydrogens is 375 g/mol. The fraction of sp³-hybridized carbons (Fsp3) is 0.429. The monoisotopic (exact) mass is 394 g/mol. The summed E-state index contributed by atoms with van der Waals surface area (Å²) in [5, 5.41) is 7.41. The molecule has 1 atom stereocenters. The van der Waals surface area contributed by atoms with E-state index in [1.54, 1.807) is 0 Å². The first kappa shape index (κ1) is 20.9. The quantitative estimate of drug-likeness (QED) is 0.773. The van der Waals surface area contributed by atoms with Gasteiger partial charge in [0, 0.05) is 24.5 Å². The van der Waals surface area contributed by atoms with Crippen LogP contribution >= 0.6 is 24.0 Å². The molecule has 0 saturated carbocycles. The topological polar surface area (TPSA) is 88.3 Å². The minimum atomic E-state index is -3.64. The number of aromatic nitrogens is 2. The molecule has 1 heterocycles. The Hall–Kier alpha value is -1.19. The van der Waals surface area contributed by atoms with Gasteiger partial charge in [-0.1, -0.05) is 16.8 Å². The van der Waals surface area contributed by atoms with Crippen LogP contribution in [0, 0.1) is 0 Å². The van der Waals surface area contributed by atoms with Gasteiger partial charge in [-0.15, -0.1) is 12.4 Å². The highest BCUT2D eigenvalue weighted by Crippen LogP contribution is 2.18. The van der Waals surface area contributed by atoms with Crippen molar-refractivity contribution in [3.63, 3.8) is 0 Å². The van der Waals surface area contributed by atoms with Crippen LogP contribution in [0.25, 0.3) is 0 Å². The molecule has 2 rings (SSSR count). The van der Waals surface area contributed by atoms with Crippen molar-refractivity contribution in [3.8, 4) is 0 Å². The van der Waals surface area contributed by atoms with Gasteiger partial charge in [0.2, 0.25) is 15.9 Å². The van der Waals surface area contributed by atoms with Gasteiger partial charge in [-0.3, -0.25) is 0 Å². The summed E-state index contributed by atoms with van der Waals surface area (Å²) in [6.45, 7) is 2.00. The van der Waals surface area contributed by atoms with Gasteiger partial charge in [-0.25, -0.2) is 8.42 Å². The van der Waals surface area contributed by atoms with Gasteiger partial charge in [-0.2, -0.15) is 9.29 Å². The van der Waals surface area contributed by atoms with E-state index in [0.717, 1.165) is 4.31 Å². The van der Waals surface area contributed by atoms with Crippen molar-refractivity contribution >= 4 is 34.0 Å². The maximum absolute atomic E-state index is 12.5. The van der Waals surface area contributed by atoms with Crippen molar-refractivity contribution in [2.24, 2.45) is 0 Å². The Bertz CT molecular complexity index is 750. The number of nitrogens with zero attached hydrogens (tertiary/aromatic N) is 3. The summed E-state index contributed by atoms with van der Waals surface area (Å²) in [6, 6.07) is 6.19. The molecule has 7 nitrogen and oxygen atoms in total. The lowest BCUT2D eigenvalue weighted by Gasteiger charge is -2.15. The van der Waals surface area contributed by atoms with E-state index in [1.807, 2.05) is 14.0 Å². The number of hydrogen-bond donors (Lipinski definition) is 1. The lowest BCUT2D eigenvalue weighted by Crippen LogP contribution is -2.26. The number of likely N-dealkylation sites (N-methyl/N-ethyl adjacent to an activating group) is 1. The second kappa shape index (κ2) is 8.77. The van der Waals surface area contributed by atoms with Crippen molar-refractivity contribution in [1.82, 2.24) is 19.8 Å². The number of nitrogens with one attached hydrogen (secondary N) is 1. The van der Waals surface area contributed by atoms with Crippen molar-refractivity contribution in [2.45, 2.75) is 30.8 Å². The van der Waals surface area contributed by atoms with Gasteiger partial charge in [0.15, 0.2) is 5.82 Å². The van der Waals surface area contributed by atoms with E-state index < -0.39 is 10.0 Å². The SMILES string of the molecule is CNC(C)Cc1noc(CN(C)S(=O)(=O)c2ccc(Cl)cc2)n1.Cl. The van der Waals surface area contributed by atoms with E-state index >= 15 is 0 Å². The standard InChI is InChI=1S/C14H19ClN4O3S.ClH/c1-10(16-2)8-13-17-14(22-18-13)9-19(3)23(20,21)12-6-4-11(15)5-7-12;/h4-7,10,16H,8-9H2,1-3H3;1H. The van der Waals surface area contributed by atoms with Gasteiger partial charge in [-0.05, 0) is 38.2 Å². The van der Waals surface area contributed by atoms with E-state index in [4.69, 9.17) is 16.1 Å².